The van der Waals surface area contributed by atoms with Crippen LogP contribution in [0.25, 0.3) is 0 Å². The van der Waals surface area contributed by atoms with E-state index in [2.05, 4.69) is 52.5 Å². The van der Waals surface area contributed by atoms with Gasteiger partial charge in [-0.05, 0) is 43.4 Å². The molecule has 2 atom stereocenters. The number of para-hydroxylation sites is 1. The van der Waals surface area contributed by atoms with Crippen molar-refractivity contribution in [3.05, 3.63) is 76.9 Å². The number of nitrogens with one attached hydrogen (secondary N) is 1. The Morgan fingerprint density at radius 3 is 2.50 bits per heavy atom. The van der Waals surface area contributed by atoms with Gasteiger partial charge in [-0.3, -0.25) is 9.69 Å². The van der Waals surface area contributed by atoms with E-state index in [9.17, 15) is 4.79 Å². The summed E-state index contributed by atoms with van der Waals surface area (Å²) in [5.74, 6) is 2.27. The van der Waals surface area contributed by atoms with Gasteiger partial charge in [-0.15, -0.1) is 10.2 Å². The monoisotopic (exact) mass is 401 g/mol. The van der Waals surface area contributed by atoms with Gasteiger partial charge in [0.05, 0.1) is 0 Å². The first-order chi connectivity index (χ1) is 14.5. The number of carbonyl (C=O) groups excluding carboxylic acids is 1. The second kappa shape index (κ2) is 7.69. The van der Waals surface area contributed by atoms with Gasteiger partial charge in [0, 0.05) is 38.3 Å². The van der Waals surface area contributed by atoms with Gasteiger partial charge in [0.25, 0.3) is 5.91 Å². The molecule has 6 heteroatoms. The van der Waals surface area contributed by atoms with E-state index >= 15 is 0 Å². The lowest BCUT2D eigenvalue weighted by Crippen LogP contribution is -2.31. The minimum atomic E-state index is -0.191. The Balaban J connectivity index is 1.28. The van der Waals surface area contributed by atoms with E-state index in [1.807, 2.05) is 34.9 Å². The molecule has 1 amide bonds. The number of amides is 1. The first kappa shape index (κ1) is 19.0. The highest BCUT2D eigenvalue weighted by atomic mass is 16.2. The van der Waals surface area contributed by atoms with Crippen molar-refractivity contribution in [3.8, 4) is 0 Å². The number of fused-ring (bicyclic) bond motifs is 2. The van der Waals surface area contributed by atoms with Crippen LogP contribution in [0, 0.1) is 25.7 Å². The van der Waals surface area contributed by atoms with E-state index in [0.717, 1.165) is 44.1 Å². The predicted molar refractivity (Wildman–Crippen MR) is 116 cm³/mol. The number of rotatable bonds is 4. The van der Waals surface area contributed by atoms with Crippen molar-refractivity contribution in [1.82, 2.24) is 19.7 Å². The van der Waals surface area contributed by atoms with E-state index in [1.165, 1.54) is 16.7 Å². The number of benzene rings is 2. The molecule has 0 saturated carbocycles. The van der Waals surface area contributed by atoms with Crippen LogP contribution in [0.3, 0.4) is 0 Å². The molecule has 5 rings (SSSR count). The standard InChI is InChI=1S/C24H27N5O/c1-16-8-17(2)10-18(9-16)12-28-13-19-11-22-26-27-23(29(22)15-20(19)14-28)24(30)25-21-6-4-3-5-7-21/h3-10,19-20H,11-15H2,1-2H3,(H,25,30)/t19-,20-/m1/s1. The zero-order valence-corrected chi connectivity index (χ0v) is 17.5. The number of anilines is 1. The lowest BCUT2D eigenvalue weighted by Gasteiger charge is -2.25. The van der Waals surface area contributed by atoms with Gasteiger partial charge in [-0.1, -0.05) is 47.5 Å². The SMILES string of the molecule is Cc1cc(C)cc(CN2C[C@H]3Cc4nnc(C(=O)Nc5ccccc5)n4C[C@H]3C2)c1. The number of aryl methyl sites for hydroxylation is 2. The lowest BCUT2D eigenvalue weighted by atomic mass is 9.89. The summed E-state index contributed by atoms with van der Waals surface area (Å²) >= 11 is 0. The summed E-state index contributed by atoms with van der Waals surface area (Å²) in [4.78, 5) is 15.3. The molecule has 30 heavy (non-hydrogen) atoms. The first-order valence-corrected chi connectivity index (χ1v) is 10.6. The van der Waals surface area contributed by atoms with Crippen LogP contribution in [0.15, 0.2) is 48.5 Å². The largest absolute Gasteiger partial charge is 0.319 e. The van der Waals surface area contributed by atoms with Crippen molar-refractivity contribution in [2.45, 2.75) is 33.4 Å². The molecule has 2 aromatic carbocycles. The van der Waals surface area contributed by atoms with Crippen molar-refractivity contribution in [2.75, 3.05) is 18.4 Å². The van der Waals surface area contributed by atoms with Gasteiger partial charge >= 0.3 is 0 Å². The minimum Gasteiger partial charge on any atom is -0.319 e. The molecule has 1 N–H and O–H groups in total. The molecule has 3 heterocycles. The Morgan fingerprint density at radius 2 is 1.73 bits per heavy atom. The van der Waals surface area contributed by atoms with Crippen molar-refractivity contribution >= 4 is 11.6 Å². The number of hydrogen-bond donors (Lipinski definition) is 1. The number of likely N-dealkylation sites (tertiary alicyclic amines) is 1. The molecule has 0 unspecified atom stereocenters. The Kier molecular flexibility index (Phi) is 4.87. The number of aromatic nitrogens is 3. The Bertz CT molecular complexity index is 1050. The van der Waals surface area contributed by atoms with Crippen molar-refractivity contribution in [1.29, 1.82) is 0 Å². The van der Waals surface area contributed by atoms with Crippen molar-refractivity contribution in [2.24, 2.45) is 11.8 Å². The van der Waals surface area contributed by atoms with Gasteiger partial charge in [-0.2, -0.15) is 0 Å². The summed E-state index contributed by atoms with van der Waals surface area (Å²) in [5, 5.41) is 11.5. The van der Waals surface area contributed by atoms with Gasteiger partial charge in [0.2, 0.25) is 5.82 Å². The van der Waals surface area contributed by atoms with Crippen molar-refractivity contribution < 1.29 is 4.79 Å². The molecule has 2 aliphatic heterocycles. The number of carbonyl (C=O) groups is 1. The summed E-state index contributed by atoms with van der Waals surface area (Å²) in [7, 11) is 0. The van der Waals surface area contributed by atoms with Gasteiger partial charge in [0.1, 0.15) is 5.82 Å². The number of hydrogen-bond acceptors (Lipinski definition) is 4. The molecule has 1 fully saturated rings. The molecule has 154 valence electrons. The second-order valence-corrected chi connectivity index (χ2v) is 8.78. The fraction of sp³-hybridized carbons (Fsp3) is 0.375. The molecular weight excluding hydrogens is 374 g/mol. The second-order valence-electron chi connectivity index (χ2n) is 8.78. The quantitative estimate of drug-likeness (QED) is 0.727. The third kappa shape index (κ3) is 3.75. The fourth-order valence-electron chi connectivity index (χ4n) is 5.05. The smallest absolute Gasteiger partial charge is 0.293 e. The number of nitrogens with zero attached hydrogens (tertiary/aromatic N) is 4. The molecule has 0 radical (unpaired) electrons. The zero-order valence-electron chi connectivity index (χ0n) is 17.5. The van der Waals surface area contributed by atoms with Gasteiger partial charge in [0.15, 0.2) is 0 Å². The summed E-state index contributed by atoms with van der Waals surface area (Å²) in [5.41, 5.74) is 4.80. The highest BCUT2D eigenvalue weighted by Gasteiger charge is 2.39. The molecular formula is C24H27N5O. The van der Waals surface area contributed by atoms with E-state index in [4.69, 9.17) is 0 Å². The average molecular weight is 402 g/mol. The van der Waals surface area contributed by atoms with Gasteiger partial charge in [-0.25, -0.2) is 0 Å². The molecule has 6 nitrogen and oxygen atoms in total. The van der Waals surface area contributed by atoms with Crippen LogP contribution in [-0.2, 0) is 19.5 Å². The minimum absolute atomic E-state index is 0.191. The summed E-state index contributed by atoms with van der Waals surface area (Å²) in [6, 6.07) is 16.3. The third-order valence-electron chi connectivity index (χ3n) is 6.26. The summed E-state index contributed by atoms with van der Waals surface area (Å²) < 4.78 is 2.03. The third-order valence-corrected chi connectivity index (χ3v) is 6.26. The summed E-state index contributed by atoms with van der Waals surface area (Å²) in [6.07, 6.45) is 0.889. The Morgan fingerprint density at radius 1 is 1.00 bits per heavy atom. The van der Waals surface area contributed by atoms with Crippen LogP contribution in [-0.4, -0.2) is 38.7 Å². The predicted octanol–water partition coefficient (Wildman–Crippen LogP) is 3.45. The van der Waals surface area contributed by atoms with Crippen LogP contribution in [0.1, 0.15) is 33.1 Å². The fourth-order valence-corrected chi connectivity index (χ4v) is 5.05. The van der Waals surface area contributed by atoms with Crippen LogP contribution in [0.5, 0.6) is 0 Å². The van der Waals surface area contributed by atoms with E-state index in [0.29, 0.717) is 17.7 Å². The Labute approximate surface area is 176 Å². The normalized spacial score (nSPS) is 20.6. The van der Waals surface area contributed by atoms with Crippen molar-refractivity contribution in [3.63, 3.8) is 0 Å². The van der Waals surface area contributed by atoms with E-state index < -0.39 is 0 Å². The van der Waals surface area contributed by atoms with Crippen LogP contribution in [0.4, 0.5) is 5.69 Å². The maximum absolute atomic E-state index is 12.8. The van der Waals surface area contributed by atoms with Gasteiger partial charge < -0.3 is 9.88 Å². The molecule has 3 aromatic rings. The first-order valence-electron chi connectivity index (χ1n) is 10.6. The maximum atomic E-state index is 12.8. The van der Waals surface area contributed by atoms with Crippen LogP contribution >= 0.6 is 0 Å². The summed E-state index contributed by atoms with van der Waals surface area (Å²) in [6.45, 7) is 8.25. The lowest BCUT2D eigenvalue weighted by molar-refractivity contribution is 0.100. The molecule has 1 saturated heterocycles. The molecule has 0 aliphatic carbocycles. The average Bonchev–Trinajstić information content (AvgIpc) is 3.28. The molecule has 0 bridgehead atoms. The van der Waals surface area contributed by atoms with E-state index in [1.54, 1.807) is 0 Å². The van der Waals surface area contributed by atoms with E-state index in [-0.39, 0.29) is 5.91 Å². The topological polar surface area (TPSA) is 63.1 Å². The zero-order chi connectivity index (χ0) is 20.7. The molecule has 0 spiro atoms. The Hall–Kier alpha value is -2.99. The maximum Gasteiger partial charge on any atom is 0.293 e. The highest BCUT2D eigenvalue weighted by molar-refractivity contribution is 6.01. The molecule has 1 aromatic heterocycles. The molecule has 2 aliphatic rings. The highest BCUT2D eigenvalue weighted by Crippen LogP contribution is 2.33. The van der Waals surface area contributed by atoms with Crippen LogP contribution < -0.4 is 5.32 Å². The van der Waals surface area contributed by atoms with Crippen LogP contribution in [0.2, 0.25) is 0 Å².